The molecule has 2 aliphatic heterocycles. The number of aromatic nitrogens is 3. The lowest BCUT2D eigenvalue weighted by atomic mass is 10.2. The number of urea groups is 1. The molecule has 8 heteroatoms. The van der Waals surface area contributed by atoms with E-state index in [0.29, 0.717) is 12.6 Å². The molecule has 1 aromatic heterocycles. The van der Waals surface area contributed by atoms with Crippen LogP contribution in [0.1, 0.15) is 44.3 Å². The summed E-state index contributed by atoms with van der Waals surface area (Å²) in [6.45, 7) is 5.49. The molecule has 26 heavy (non-hydrogen) atoms. The van der Waals surface area contributed by atoms with Gasteiger partial charge in [0.1, 0.15) is 5.82 Å². The van der Waals surface area contributed by atoms with Crippen molar-refractivity contribution in [2.45, 2.75) is 64.1 Å². The minimum absolute atomic E-state index is 0.0364. The summed E-state index contributed by atoms with van der Waals surface area (Å²) in [5.41, 5.74) is 0.0364. The van der Waals surface area contributed by atoms with Crippen molar-refractivity contribution in [3.63, 3.8) is 0 Å². The van der Waals surface area contributed by atoms with Gasteiger partial charge < -0.3 is 10.2 Å². The molecule has 0 bridgehead atoms. The van der Waals surface area contributed by atoms with Crippen LogP contribution in [0.2, 0.25) is 0 Å². The Morgan fingerprint density at radius 3 is 2.50 bits per heavy atom. The molecule has 3 aliphatic rings. The number of hydrogen-bond donors (Lipinski definition) is 1. The van der Waals surface area contributed by atoms with Crippen LogP contribution in [0, 0.1) is 0 Å². The highest BCUT2D eigenvalue weighted by Crippen LogP contribution is 2.18. The third-order valence-electron chi connectivity index (χ3n) is 6.00. The quantitative estimate of drug-likeness (QED) is 0.853. The second-order valence-corrected chi connectivity index (χ2v) is 7.79. The molecule has 8 nitrogen and oxygen atoms in total. The third kappa shape index (κ3) is 3.79. The highest BCUT2D eigenvalue weighted by Gasteiger charge is 2.24. The first-order valence-corrected chi connectivity index (χ1v) is 10.1. The predicted molar refractivity (Wildman–Crippen MR) is 98.2 cm³/mol. The smallest absolute Gasteiger partial charge is 0.335 e. The molecule has 2 amide bonds. The molecule has 1 aliphatic carbocycles. The summed E-state index contributed by atoms with van der Waals surface area (Å²) in [4.78, 5) is 29.0. The predicted octanol–water partition coefficient (Wildman–Crippen LogP) is 0.651. The summed E-state index contributed by atoms with van der Waals surface area (Å²) in [7, 11) is 0. The van der Waals surface area contributed by atoms with Gasteiger partial charge in [0.05, 0.1) is 6.54 Å². The van der Waals surface area contributed by atoms with Crippen molar-refractivity contribution in [1.82, 2.24) is 29.5 Å². The maximum atomic E-state index is 12.4. The lowest BCUT2D eigenvalue weighted by molar-refractivity contribution is 0.133. The molecule has 144 valence electrons. The van der Waals surface area contributed by atoms with E-state index in [1.165, 1.54) is 12.8 Å². The second kappa shape index (κ2) is 7.82. The first kappa shape index (κ1) is 17.6. The molecule has 2 fully saturated rings. The van der Waals surface area contributed by atoms with Crippen molar-refractivity contribution in [1.29, 1.82) is 0 Å². The number of amides is 2. The molecule has 3 heterocycles. The highest BCUT2D eigenvalue weighted by molar-refractivity contribution is 5.74. The molecule has 1 saturated heterocycles. The number of aryl methyl sites for hydroxylation is 1. The molecule has 0 aromatic carbocycles. The van der Waals surface area contributed by atoms with Gasteiger partial charge in [-0.3, -0.25) is 9.47 Å². The van der Waals surface area contributed by atoms with Crippen molar-refractivity contribution in [2.75, 3.05) is 32.7 Å². The van der Waals surface area contributed by atoms with Crippen LogP contribution < -0.4 is 11.0 Å². The summed E-state index contributed by atoms with van der Waals surface area (Å²) in [6.07, 6.45) is 7.82. The Morgan fingerprint density at radius 1 is 1.00 bits per heavy atom. The fraction of sp³-hybridized carbons (Fsp3) is 0.833. The maximum absolute atomic E-state index is 12.4. The van der Waals surface area contributed by atoms with Gasteiger partial charge in [0.25, 0.3) is 0 Å². The normalized spacial score (nSPS) is 21.8. The standard InChI is InChI=1S/C18H30N6O2/c25-17(19-15-5-1-2-6-15)22-12-9-21(10-13-22)11-14-24-18(26)23-8-4-3-7-16(23)20-24/h15H,1-14H2,(H,19,25). The monoisotopic (exact) mass is 362 g/mol. The number of fused-ring (bicyclic) bond motifs is 1. The summed E-state index contributed by atoms with van der Waals surface area (Å²) in [5.74, 6) is 0.939. The van der Waals surface area contributed by atoms with Crippen LogP contribution in [-0.4, -0.2) is 68.9 Å². The fourth-order valence-electron chi connectivity index (χ4n) is 4.34. The lowest BCUT2D eigenvalue weighted by Crippen LogP contribution is -2.53. The van der Waals surface area contributed by atoms with Crippen molar-refractivity contribution in [3.8, 4) is 0 Å². The van der Waals surface area contributed by atoms with Crippen LogP contribution in [0.3, 0.4) is 0 Å². The first-order chi connectivity index (χ1) is 12.7. The molecular weight excluding hydrogens is 332 g/mol. The Balaban J connectivity index is 1.23. The molecular formula is C18H30N6O2. The molecule has 4 rings (SSSR count). The summed E-state index contributed by atoms with van der Waals surface area (Å²) in [6, 6.07) is 0.467. The van der Waals surface area contributed by atoms with Gasteiger partial charge in [0.2, 0.25) is 0 Å². The van der Waals surface area contributed by atoms with Crippen LogP contribution >= 0.6 is 0 Å². The molecule has 1 N–H and O–H groups in total. The molecule has 0 spiro atoms. The highest BCUT2D eigenvalue weighted by atomic mass is 16.2. The second-order valence-electron chi connectivity index (χ2n) is 7.79. The van der Waals surface area contributed by atoms with E-state index in [9.17, 15) is 9.59 Å². The number of piperazine rings is 1. The Kier molecular flexibility index (Phi) is 5.28. The van der Waals surface area contributed by atoms with Gasteiger partial charge >= 0.3 is 11.7 Å². The van der Waals surface area contributed by atoms with Crippen LogP contribution in [-0.2, 0) is 19.5 Å². The van der Waals surface area contributed by atoms with Crippen molar-refractivity contribution < 1.29 is 4.79 Å². The Morgan fingerprint density at radius 2 is 1.77 bits per heavy atom. The van der Waals surface area contributed by atoms with E-state index < -0.39 is 0 Å². The van der Waals surface area contributed by atoms with E-state index in [4.69, 9.17) is 0 Å². The zero-order valence-corrected chi connectivity index (χ0v) is 15.5. The maximum Gasteiger partial charge on any atom is 0.345 e. The van der Waals surface area contributed by atoms with E-state index in [1.807, 2.05) is 9.47 Å². The Labute approximate surface area is 154 Å². The molecule has 1 aromatic rings. The topological polar surface area (TPSA) is 75.4 Å². The fourth-order valence-corrected chi connectivity index (χ4v) is 4.34. The van der Waals surface area contributed by atoms with Crippen molar-refractivity contribution in [2.24, 2.45) is 0 Å². The average Bonchev–Trinajstić information content (AvgIpc) is 3.29. The average molecular weight is 362 g/mol. The number of hydrogen-bond acceptors (Lipinski definition) is 4. The zero-order chi connectivity index (χ0) is 17.9. The van der Waals surface area contributed by atoms with Crippen molar-refractivity contribution in [3.05, 3.63) is 16.3 Å². The minimum atomic E-state index is 0.0364. The van der Waals surface area contributed by atoms with Gasteiger partial charge in [-0.1, -0.05) is 12.8 Å². The zero-order valence-electron chi connectivity index (χ0n) is 15.5. The summed E-state index contributed by atoms with van der Waals surface area (Å²) < 4.78 is 3.45. The number of nitrogens with one attached hydrogen (secondary N) is 1. The van der Waals surface area contributed by atoms with E-state index in [1.54, 1.807) is 4.68 Å². The molecule has 0 radical (unpaired) electrons. The van der Waals surface area contributed by atoms with Crippen molar-refractivity contribution >= 4 is 6.03 Å². The van der Waals surface area contributed by atoms with Crippen LogP contribution in [0.15, 0.2) is 4.79 Å². The van der Waals surface area contributed by atoms with E-state index in [0.717, 1.165) is 77.2 Å². The lowest BCUT2D eigenvalue weighted by Gasteiger charge is -2.35. The first-order valence-electron chi connectivity index (χ1n) is 10.1. The van der Waals surface area contributed by atoms with Gasteiger partial charge in [-0.05, 0) is 25.7 Å². The number of carbonyl (C=O) groups excluding carboxylic acids is 1. The summed E-state index contributed by atoms with van der Waals surface area (Å²) >= 11 is 0. The van der Waals surface area contributed by atoms with Gasteiger partial charge in [-0.15, -0.1) is 0 Å². The van der Waals surface area contributed by atoms with E-state index in [-0.39, 0.29) is 11.7 Å². The Bertz CT molecular complexity index is 682. The van der Waals surface area contributed by atoms with Crippen LogP contribution in [0.5, 0.6) is 0 Å². The largest absolute Gasteiger partial charge is 0.345 e. The van der Waals surface area contributed by atoms with E-state index >= 15 is 0 Å². The van der Waals surface area contributed by atoms with E-state index in [2.05, 4.69) is 15.3 Å². The van der Waals surface area contributed by atoms with Crippen LogP contribution in [0.25, 0.3) is 0 Å². The van der Waals surface area contributed by atoms with Crippen LogP contribution in [0.4, 0.5) is 4.79 Å². The Hall–Kier alpha value is -1.83. The number of rotatable bonds is 4. The molecule has 0 unspecified atom stereocenters. The molecule has 1 saturated carbocycles. The SMILES string of the molecule is O=C(NC1CCCC1)N1CCN(CCn2nc3n(c2=O)CCCC3)CC1. The van der Waals surface area contributed by atoms with Gasteiger partial charge in [-0.2, -0.15) is 5.10 Å². The molecule has 0 atom stereocenters. The van der Waals surface area contributed by atoms with Gasteiger partial charge in [0, 0.05) is 51.7 Å². The third-order valence-corrected chi connectivity index (χ3v) is 6.00. The summed E-state index contributed by atoms with van der Waals surface area (Å²) in [5, 5.41) is 7.67. The minimum Gasteiger partial charge on any atom is -0.335 e. The number of carbonyl (C=O) groups is 1. The van der Waals surface area contributed by atoms with Gasteiger partial charge in [-0.25, -0.2) is 14.3 Å². The number of nitrogens with zero attached hydrogens (tertiary/aromatic N) is 5. The van der Waals surface area contributed by atoms with Gasteiger partial charge in [0.15, 0.2) is 0 Å².